The molecular weight excluding hydrogens is 413 g/mol. The van der Waals surface area contributed by atoms with Crippen molar-refractivity contribution >= 4 is 7.60 Å². The third kappa shape index (κ3) is 8.39. The van der Waals surface area contributed by atoms with Crippen LogP contribution in [-0.2, 0) is 23.2 Å². The summed E-state index contributed by atoms with van der Waals surface area (Å²) < 4.78 is 31.5. The molecule has 0 spiro atoms. The van der Waals surface area contributed by atoms with E-state index in [4.69, 9.17) is 18.6 Å². The van der Waals surface area contributed by atoms with Gasteiger partial charge in [-0.05, 0) is 64.7 Å². The zero-order valence-electron chi connectivity index (χ0n) is 22.3. The van der Waals surface area contributed by atoms with Crippen LogP contribution in [0, 0.1) is 22.7 Å². The molecule has 0 N–H and O–H groups in total. The van der Waals surface area contributed by atoms with Crippen LogP contribution in [0.1, 0.15) is 89.5 Å². The minimum atomic E-state index is -3.47. The lowest BCUT2D eigenvalue weighted by Gasteiger charge is -2.49. The van der Waals surface area contributed by atoms with E-state index in [-0.39, 0.29) is 17.4 Å². The number of nitrogens with zero attached hydrogens (tertiary/aromatic N) is 1. The first kappa shape index (κ1) is 29.1. The molecule has 4 atom stereocenters. The average Bonchev–Trinajstić information content (AvgIpc) is 2.98. The normalized spacial score (nSPS) is 23.4. The van der Waals surface area contributed by atoms with Crippen LogP contribution in [0.15, 0.2) is 0 Å². The Balaban J connectivity index is 3.30. The highest BCUT2D eigenvalue weighted by Crippen LogP contribution is 2.61. The van der Waals surface area contributed by atoms with Gasteiger partial charge in [0.05, 0.1) is 25.9 Å². The standard InChI is InChI=1S/C24H50NO5P/c1-13-28-31(26,29-14-2)21(23(7,8)9)25(24(10,11)12)30-18(3)20-17-27-16-19(20)15-22(4,5)6/h18-21H,13-17H2,1-12H3/t18?,19-,20-,21?/m1/s1. The van der Waals surface area contributed by atoms with Gasteiger partial charge in [0.25, 0.3) is 0 Å². The zero-order chi connectivity index (χ0) is 24.3. The van der Waals surface area contributed by atoms with E-state index in [0.29, 0.717) is 25.7 Å². The van der Waals surface area contributed by atoms with E-state index >= 15 is 0 Å². The summed E-state index contributed by atoms with van der Waals surface area (Å²) in [6.45, 7) is 27.2. The maximum atomic E-state index is 14.0. The first-order valence-electron chi connectivity index (χ1n) is 11.9. The van der Waals surface area contributed by atoms with Gasteiger partial charge < -0.3 is 13.8 Å². The molecule has 0 radical (unpaired) electrons. The van der Waals surface area contributed by atoms with Gasteiger partial charge in [0.1, 0.15) is 5.78 Å². The van der Waals surface area contributed by atoms with E-state index in [0.717, 1.165) is 13.0 Å². The summed E-state index contributed by atoms with van der Waals surface area (Å²) in [4.78, 5) is 6.69. The second-order valence-corrected chi connectivity index (χ2v) is 14.2. The molecule has 7 heteroatoms. The van der Waals surface area contributed by atoms with Crippen LogP contribution >= 0.6 is 7.60 Å². The lowest BCUT2D eigenvalue weighted by Crippen LogP contribution is -2.55. The molecule has 0 aromatic rings. The van der Waals surface area contributed by atoms with E-state index < -0.39 is 24.3 Å². The highest BCUT2D eigenvalue weighted by Gasteiger charge is 2.52. The van der Waals surface area contributed by atoms with Crippen molar-refractivity contribution in [2.24, 2.45) is 22.7 Å². The smallest absolute Gasteiger partial charge is 0.350 e. The van der Waals surface area contributed by atoms with Crippen molar-refractivity contribution in [3.8, 4) is 0 Å². The fourth-order valence-electron chi connectivity index (χ4n) is 4.46. The van der Waals surface area contributed by atoms with Gasteiger partial charge in [-0.15, -0.1) is 0 Å². The van der Waals surface area contributed by atoms with Crippen LogP contribution < -0.4 is 0 Å². The minimum absolute atomic E-state index is 0.0874. The predicted octanol–water partition coefficient (Wildman–Crippen LogP) is 6.74. The molecule has 1 fully saturated rings. The Kier molecular flexibility index (Phi) is 10.3. The van der Waals surface area contributed by atoms with Crippen LogP contribution in [0.25, 0.3) is 0 Å². The van der Waals surface area contributed by atoms with Crippen LogP contribution in [0.2, 0.25) is 0 Å². The van der Waals surface area contributed by atoms with Crippen molar-refractivity contribution in [3.05, 3.63) is 0 Å². The summed E-state index contributed by atoms with van der Waals surface area (Å²) in [5.41, 5.74) is -0.577. The van der Waals surface area contributed by atoms with Gasteiger partial charge in [0.15, 0.2) is 0 Å². The molecule has 31 heavy (non-hydrogen) atoms. The summed E-state index contributed by atoms with van der Waals surface area (Å²) in [7, 11) is -3.47. The third-order valence-corrected chi connectivity index (χ3v) is 8.40. The average molecular weight is 464 g/mol. The third-order valence-electron chi connectivity index (χ3n) is 5.58. The van der Waals surface area contributed by atoms with Crippen LogP contribution in [0.4, 0.5) is 0 Å². The molecule has 0 aliphatic carbocycles. The SMILES string of the molecule is CCOP(=O)(OCC)C(N(OC(C)[C@H]1COC[C@H]1CC(C)(C)C)C(C)(C)C)C(C)(C)C. The summed E-state index contributed by atoms with van der Waals surface area (Å²) in [6.07, 6.45) is 0.996. The number of hydroxylamine groups is 2. The molecule has 186 valence electrons. The Morgan fingerprint density at radius 3 is 1.87 bits per heavy atom. The topological polar surface area (TPSA) is 57.2 Å². The maximum absolute atomic E-state index is 14.0. The molecule has 0 bridgehead atoms. The molecule has 1 aliphatic heterocycles. The van der Waals surface area contributed by atoms with Crippen molar-refractivity contribution in [1.29, 1.82) is 0 Å². The van der Waals surface area contributed by atoms with Crippen molar-refractivity contribution < 1.29 is 23.2 Å². The van der Waals surface area contributed by atoms with Gasteiger partial charge in [0, 0.05) is 18.1 Å². The van der Waals surface area contributed by atoms with E-state index in [1.165, 1.54) is 0 Å². The Morgan fingerprint density at radius 2 is 1.48 bits per heavy atom. The number of rotatable bonds is 10. The predicted molar refractivity (Wildman–Crippen MR) is 128 cm³/mol. The molecule has 1 heterocycles. The largest absolute Gasteiger partial charge is 0.381 e. The molecule has 0 aromatic heterocycles. The Bertz CT molecular complexity index is 580. The van der Waals surface area contributed by atoms with Gasteiger partial charge >= 0.3 is 7.60 Å². The van der Waals surface area contributed by atoms with Crippen molar-refractivity contribution in [3.63, 3.8) is 0 Å². The molecule has 0 amide bonds. The molecule has 0 saturated carbocycles. The van der Waals surface area contributed by atoms with E-state index in [1.54, 1.807) is 0 Å². The van der Waals surface area contributed by atoms with Gasteiger partial charge in [-0.25, -0.2) is 0 Å². The fraction of sp³-hybridized carbons (Fsp3) is 1.00. The Morgan fingerprint density at radius 1 is 0.968 bits per heavy atom. The van der Waals surface area contributed by atoms with Crippen molar-refractivity contribution in [2.45, 2.75) is 107 Å². The summed E-state index contributed by atoms with van der Waals surface area (Å²) in [5, 5.41) is 1.90. The van der Waals surface area contributed by atoms with Crippen LogP contribution in [0.5, 0.6) is 0 Å². The van der Waals surface area contributed by atoms with Crippen molar-refractivity contribution in [1.82, 2.24) is 5.06 Å². The second-order valence-electron chi connectivity index (χ2n) is 12.1. The van der Waals surface area contributed by atoms with E-state index in [9.17, 15) is 4.57 Å². The molecule has 1 aliphatic rings. The fourth-order valence-corrected chi connectivity index (χ4v) is 7.15. The van der Waals surface area contributed by atoms with E-state index in [1.807, 2.05) is 18.9 Å². The summed E-state index contributed by atoms with van der Waals surface area (Å²) >= 11 is 0. The zero-order valence-corrected chi connectivity index (χ0v) is 23.2. The maximum Gasteiger partial charge on any atom is 0.350 e. The first-order chi connectivity index (χ1) is 14.0. The molecular formula is C24H50NO5P. The quantitative estimate of drug-likeness (QED) is 0.264. The Hall–Kier alpha value is 0.0300. The summed E-state index contributed by atoms with van der Waals surface area (Å²) in [5.74, 6) is 0.171. The lowest BCUT2D eigenvalue weighted by molar-refractivity contribution is -0.273. The molecule has 2 unspecified atom stereocenters. The highest BCUT2D eigenvalue weighted by atomic mass is 31.2. The molecule has 0 aromatic carbocycles. The van der Waals surface area contributed by atoms with Gasteiger partial charge in [-0.1, -0.05) is 41.5 Å². The number of hydrogen-bond donors (Lipinski definition) is 0. The molecule has 1 saturated heterocycles. The highest BCUT2D eigenvalue weighted by molar-refractivity contribution is 7.54. The first-order valence-corrected chi connectivity index (χ1v) is 13.5. The van der Waals surface area contributed by atoms with Crippen LogP contribution in [-0.4, -0.2) is 48.9 Å². The summed E-state index contributed by atoms with van der Waals surface area (Å²) in [6, 6.07) is 0. The van der Waals surface area contributed by atoms with E-state index in [2.05, 4.69) is 69.2 Å². The van der Waals surface area contributed by atoms with Crippen molar-refractivity contribution in [2.75, 3.05) is 26.4 Å². The number of ether oxygens (including phenoxy) is 1. The lowest BCUT2D eigenvalue weighted by atomic mass is 9.78. The minimum Gasteiger partial charge on any atom is -0.381 e. The second kappa shape index (κ2) is 11.0. The monoisotopic (exact) mass is 463 g/mol. The van der Waals surface area contributed by atoms with Crippen LogP contribution in [0.3, 0.4) is 0 Å². The Labute approximate surface area is 192 Å². The number of hydrogen-bond acceptors (Lipinski definition) is 6. The van der Waals surface area contributed by atoms with Gasteiger partial charge in [0.2, 0.25) is 0 Å². The van der Waals surface area contributed by atoms with Gasteiger partial charge in [-0.2, -0.15) is 5.06 Å². The van der Waals surface area contributed by atoms with Gasteiger partial charge in [-0.3, -0.25) is 9.40 Å². The molecule has 6 nitrogen and oxygen atoms in total. The molecule has 1 rings (SSSR count).